The quantitative estimate of drug-likeness (QED) is 0.844. The fourth-order valence-corrected chi connectivity index (χ4v) is 1.74. The van der Waals surface area contributed by atoms with E-state index in [1.807, 2.05) is 13.8 Å². The monoisotopic (exact) mass is 290 g/mol. The van der Waals surface area contributed by atoms with Gasteiger partial charge in [-0.25, -0.2) is 4.98 Å². The average molecular weight is 290 g/mol. The molecule has 0 aliphatic carbocycles. The van der Waals surface area contributed by atoms with Gasteiger partial charge in [0.25, 0.3) is 5.91 Å². The second-order valence-electron chi connectivity index (χ2n) is 4.55. The Morgan fingerprint density at radius 1 is 1.43 bits per heavy atom. The summed E-state index contributed by atoms with van der Waals surface area (Å²) in [5.74, 6) is 1.57. The molecule has 1 amide bonds. The number of aromatic nitrogens is 1. The van der Waals surface area contributed by atoms with Crippen LogP contribution in [0.1, 0.15) is 27.7 Å². The van der Waals surface area contributed by atoms with Gasteiger partial charge >= 0.3 is 0 Å². The highest BCUT2D eigenvalue weighted by Gasteiger charge is 2.08. The van der Waals surface area contributed by atoms with E-state index in [1.54, 1.807) is 24.3 Å². The minimum atomic E-state index is -0.252. The molecule has 21 heavy (non-hydrogen) atoms. The molecule has 2 rings (SSSR count). The first-order valence-corrected chi connectivity index (χ1v) is 6.65. The molecule has 0 atom stereocenters. The Labute approximate surface area is 122 Å². The van der Waals surface area contributed by atoms with E-state index in [-0.39, 0.29) is 25.7 Å². The Morgan fingerprint density at radius 3 is 2.90 bits per heavy atom. The molecule has 0 saturated heterocycles. The highest BCUT2D eigenvalue weighted by atomic mass is 16.5. The lowest BCUT2D eigenvalue weighted by atomic mass is 10.2. The molecule has 0 unspecified atom stereocenters. The predicted molar refractivity (Wildman–Crippen MR) is 76.2 cm³/mol. The van der Waals surface area contributed by atoms with Gasteiger partial charge in [0.2, 0.25) is 5.89 Å². The molecule has 6 heteroatoms. The smallest absolute Gasteiger partial charge is 0.251 e. The van der Waals surface area contributed by atoms with Crippen molar-refractivity contribution in [1.29, 1.82) is 0 Å². The van der Waals surface area contributed by atoms with Crippen LogP contribution in [-0.2, 0) is 6.61 Å². The van der Waals surface area contributed by atoms with Gasteiger partial charge in [-0.05, 0) is 32.0 Å². The zero-order valence-electron chi connectivity index (χ0n) is 12.0. The van der Waals surface area contributed by atoms with Gasteiger partial charge in [-0.15, -0.1) is 0 Å². The molecular formula is C15H18N2O4. The third-order valence-electron chi connectivity index (χ3n) is 2.93. The molecule has 1 aromatic carbocycles. The number of oxazole rings is 1. The van der Waals surface area contributed by atoms with Crippen molar-refractivity contribution in [2.45, 2.75) is 20.5 Å². The van der Waals surface area contributed by atoms with Crippen LogP contribution in [0.3, 0.4) is 0 Å². The summed E-state index contributed by atoms with van der Waals surface area (Å²) in [5, 5.41) is 11.3. The maximum absolute atomic E-state index is 11.8. The molecule has 0 saturated carbocycles. The van der Waals surface area contributed by atoms with E-state index in [0.717, 1.165) is 11.5 Å². The van der Waals surface area contributed by atoms with Crippen molar-refractivity contribution in [3.63, 3.8) is 0 Å². The lowest BCUT2D eigenvalue weighted by Gasteiger charge is -2.07. The summed E-state index contributed by atoms with van der Waals surface area (Å²) < 4.78 is 11.0. The van der Waals surface area contributed by atoms with Crippen molar-refractivity contribution in [1.82, 2.24) is 10.3 Å². The number of hydrogen-bond acceptors (Lipinski definition) is 5. The first-order chi connectivity index (χ1) is 10.1. The Kier molecular flexibility index (Phi) is 4.94. The number of aliphatic hydroxyl groups is 1. The number of nitrogens with zero attached hydrogens (tertiary/aromatic N) is 1. The normalized spacial score (nSPS) is 10.4. The summed E-state index contributed by atoms with van der Waals surface area (Å²) in [7, 11) is 0. The Hall–Kier alpha value is -2.34. The first-order valence-electron chi connectivity index (χ1n) is 6.65. The first kappa shape index (κ1) is 15.1. The van der Waals surface area contributed by atoms with Gasteiger partial charge in [0.05, 0.1) is 12.3 Å². The van der Waals surface area contributed by atoms with Gasteiger partial charge in [-0.2, -0.15) is 0 Å². The minimum absolute atomic E-state index is 0.0925. The third kappa shape index (κ3) is 4.06. The van der Waals surface area contributed by atoms with Crippen molar-refractivity contribution in [2.24, 2.45) is 0 Å². The summed E-state index contributed by atoms with van der Waals surface area (Å²) >= 11 is 0. The Balaban J connectivity index is 1.99. The van der Waals surface area contributed by atoms with Crippen LogP contribution in [0.15, 0.2) is 28.7 Å². The second kappa shape index (κ2) is 6.90. The van der Waals surface area contributed by atoms with Crippen LogP contribution in [0.2, 0.25) is 0 Å². The Morgan fingerprint density at radius 2 is 2.24 bits per heavy atom. The predicted octanol–water partition coefficient (Wildman–Crippen LogP) is 1.59. The van der Waals surface area contributed by atoms with E-state index in [0.29, 0.717) is 17.2 Å². The van der Waals surface area contributed by atoms with Crippen LogP contribution in [0.5, 0.6) is 5.75 Å². The van der Waals surface area contributed by atoms with E-state index in [2.05, 4.69) is 10.3 Å². The summed E-state index contributed by atoms with van der Waals surface area (Å²) in [4.78, 5) is 16.0. The highest BCUT2D eigenvalue weighted by molar-refractivity contribution is 5.94. The van der Waals surface area contributed by atoms with Crippen LogP contribution in [0.4, 0.5) is 0 Å². The van der Waals surface area contributed by atoms with Crippen molar-refractivity contribution < 1.29 is 19.1 Å². The Bertz CT molecular complexity index is 602. The summed E-state index contributed by atoms with van der Waals surface area (Å²) in [6, 6.07) is 6.80. The number of amides is 1. The van der Waals surface area contributed by atoms with Gasteiger partial charge in [0.15, 0.2) is 6.61 Å². The standard InChI is InChI=1S/C15H18N2O4/c1-10-11(2)21-14(17-10)9-20-13-5-3-4-12(8-13)15(19)16-6-7-18/h3-5,8,18H,6-7,9H2,1-2H3,(H,16,19). The van der Waals surface area contributed by atoms with E-state index in [4.69, 9.17) is 14.3 Å². The van der Waals surface area contributed by atoms with Gasteiger partial charge in [-0.1, -0.05) is 6.07 Å². The van der Waals surface area contributed by atoms with Crippen LogP contribution in [-0.4, -0.2) is 29.1 Å². The molecule has 0 aliphatic heterocycles. The largest absolute Gasteiger partial charge is 0.484 e. The zero-order valence-corrected chi connectivity index (χ0v) is 12.0. The molecule has 1 aromatic heterocycles. The molecule has 0 bridgehead atoms. The summed E-state index contributed by atoms with van der Waals surface area (Å²) in [5.41, 5.74) is 1.31. The number of carbonyl (C=O) groups excluding carboxylic acids is 1. The SMILES string of the molecule is Cc1nc(COc2cccc(C(=O)NCCO)c2)oc1C. The molecule has 1 heterocycles. The van der Waals surface area contributed by atoms with Gasteiger partial charge in [0, 0.05) is 12.1 Å². The van der Waals surface area contributed by atoms with Gasteiger partial charge < -0.3 is 19.6 Å². The maximum atomic E-state index is 11.8. The molecule has 112 valence electrons. The molecule has 0 fully saturated rings. The summed E-state index contributed by atoms with van der Waals surface area (Å²) in [6.07, 6.45) is 0. The van der Waals surface area contributed by atoms with Crippen molar-refractivity contribution >= 4 is 5.91 Å². The lowest BCUT2D eigenvalue weighted by molar-refractivity contribution is 0.0944. The van der Waals surface area contributed by atoms with E-state index in [1.165, 1.54) is 0 Å². The average Bonchev–Trinajstić information content (AvgIpc) is 2.81. The number of rotatable bonds is 6. The molecular weight excluding hydrogens is 272 g/mol. The molecule has 0 radical (unpaired) electrons. The van der Waals surface area contributed by atoms with E-state index < -0.39 is 0 Å². The van der Waals surface area contributed by atoms with E-state index >= 15 is 0 Å². The molecule has 0 aliphatic rings. The number of aliphatic hydroxyl groups excluding tert-OH is 1. The highest BCUT2D eigenvalue weighted by Crippen LogP contribution is 2.16. The topological polar surface area (TPSA) is 84.6 Å². The minimum Gasteiger partial charge on any atom is -0.484 e. The van der Waals surface area contributed by atoms with E-state index in [9.17, 15) is 4.79 Å². The van der Waals surface area contributed by atoms with Crippen LogP contribution >= 0.6 is 0 Å². The van der Waals surface area contributed by atoms with Crippen molar-refractivity contribution in [3.8, 4) is 5.75 Å². The number of nitrogens with one attached hydrogen (secondary N) is 1. The summed E-state index contributed by atoms with van der Waals surface area (Å²) in [6.45, 7) is 4.05. The zero-order chi connectivity index (χ0) is 15.2. The third-order valence-corrected chi connectivity index (χ3v) is 2.93. The fourth-order valence-electron chi connectivity index (χ4n) is 1.74. The fraction of sp³-hybridized carbons (Fsp3) is 0.333. The van der Waals surface area contributed by atoms with Gasteiger partial charge in [0.1, 0.15) is 11.5 Å². The van der Waals surface area contributed by atoms with Crippen molar-refractivity contribution in [3.05, 3.63) is 47.2 Å². The molecule has 0 spiro atoms. The second-order valence-corrected chi connectivity index (χ2v) is 4.55. The number of benzene rings is 1. The molecule has 2 aromatic rings. The van der Waals surface area contributed by atoms with Crippen LogP contribution in [0, 0.1) is 13.8 Å². The number of ether oxygens (including phenoxy) is 1. The number of carbonyl (C=O) groups is 1. The van der Waals surface area contributed by atoms with Crippen LogP contribution in [0.25, 0.3) is 0 Å². The van der Waals surface area contributed by atoms with Gasteiger partial charge in [-0.3, -0.25) is 4.79 Å². The number of aryl methyl sites for hydroxylation is 2. The maximum Gasteiger partial charge on any atom is 0.251 e. The lowest BCUT2D eigenvalue weighted by Crippen LogP contribution is -2.26. The number of hydrogen-bond donors (Lipinski definition) is 2. The molecule has 6 nitrogen and oxygen atoms in total. The van der Waals surface area contributed by atoms with Crippen LogP contribution < -0.4 is 10.1 Å². The molecule has 2 N–H and O–H groups in total. The van der Waals surface area contributed by atoms with Crippen molar-refractivity contribution in [2.75, 3.05) is 13.2 Å².